The van der Waals surface area contributed by atoms with Gasteiger partial charge < -0.3 is 15.4 Å². The number of hydrogen-bond acceptors (Lipinski definition) is 6. The van der Waals surface area contributed by atoms with Gasteiger partial charge in [0.2, 0.25) is 0 Å². The Bertz CT molecular complexity index is 1470. The van der Waals surface area contributed by atoms with E-state index >= 15 is 0 Å². The molecule has 3 aromatic heterocycles. The van der Waals surface area contributed by atoms with Gasteiger partial charge in [0.25, 0.3) is 0 Å². The van der Waals surface area contributed by atoms with Crippen molar-refractivity contribution in [2.45, 2.75) is 38.3 Å². The molecule has 1 aliphatic carbocycles. The van der Waals surface area contributed by atoms with Crippen LogP contribution in [-0.4, -0.2) is 50.1 Å². The first-order valence-electron chi connectivity index (χ1n) is 12.3. The summed E-state index contributed by atoms with van der Waals surface area (Å²) in [5.41, 5.74) is 14.1. The third-order valence-corrected chi connectivity index (χ3v) is 7.24. The van der Waals surface area contributed by atoms with Crippen molar-refractivity contribution < 1.29 is 9.13 Å². The van der Waals surface area contributed by atoms with Gasteiger partial charge in [-0.2, -0.15) is 10.2 Å². The number of nitrogens with zero attached hydrogens (tertiary/aromatic N) is 6. The molecule has 0 spiro atoms. The highest BCUT2D eigenvalue weighted by atomic mass is 19.1. The smallest absolute Gasteiger partial charge is 0.166 e. The van der Waals surface area contributed by atoms with Gasteiger partial charge in [-0.05, 0) is 58.1 Å². The highest BCUT2D eigenvalue weighted by Gasteiger charge is 2.36. The number of aromatic nitrogens is 5. The molecular formula is C27H30FN7O. The maximum Gasteiger partial charge on any atom is 0.166 e. The summed E-state index contributed by atoms with van der Waals surface area (Å²) in [5, 5.41) is 9.91. The Morgan fingerprint density at radius 3 is 2.83 bits per heavy atom. The summed E-state index contributed by atoms with van der Waals surface area (Å²) in [6, 6.07) is 6.76. The number of aryl methyl sites for hydroxylation is 2. The van der Waals surface area contributed by atoms with Crippen molar-refractivity contribution >= 4 is 5.82 Å². The molecule has 4 heterocycles. The number of nitrogens with two attached hydrogens (primary N) is 1. The molecule has 8 nitrogen and oxygen atoms in total. The van der Waals surface area contributed by atoms with Gasteiger partial charge in [0, 0.05) is 59.7 Å². The third kappa shape index (κ3) is 3.65. The van der Waals surface area contributed by atoms with E-state index in [2.05, 4.69) is 34.9 Å². The first kappa shape index (κ1) is 22.7. The number of hydrogen-bond donors (Lipinski definition) is 1. The second-order valence-electron chi connectivity index (χ2n) is 10.0. The molecule has 4 aromatic rings. The molecule has 186 valence electrons. The maximum atomic E-state index is 14.5. The summed E-state index contributed by atoms with van der Waals surface area (Å²) in [4.78, 5) is 6.64. The molecule has 2 aliphatic rings. The zero-order valence-corrected chi connectivity index (χ0v) is 21.0. The van der Waals surface area contributed by atoms with Crippen molar-refractivity contribution in [3.05, 3.63) is 64.9 Å². The van der Waals surface area contributed by atoms with E-state index in [0.29, 0.717) is 11.6 Å². The van der Waals surface area contributed by atoms with E-state index in [-0.39, 0.29) is 11.7 Å². The van der Waals surface area contributed by atoms with E-state index in [0.717, 1.165) is 65.3 Å². The zero-order valence-electron chi connectivity index (χ0n) is 21.0. The number of nitrogen functional groups attached to an aromatic ring is 1. The predicted octanol–water partition coefficient (Wildman–Crippen LogP) is 4.16. The first-order valence-corrected chi connectivity index (χ1v) is 12.3. The van der Waals surface area contributed by atoms with E-state index in [1.165, 1.54) is 17.7 Å². The number of halogens is 1. The van der Waals surface area contributed by atoms with Gasteiger partial charge in [-0.25, -0.2) is 9.37 Å². The van der Waals surface area contributed by atoms with Gasteiger partial charge in [0.05, 0.1) is 23.6 Å². The number of likely N-dealkylation sites (N-methyl/N-ethyl adjacent to an activating group) is 1. The summed E-state index contributed by atoms with van der Waals surface area (Å²) >= 11 is 0. The minimum absolute atomic E-state index is 0.112. The zero-order chi connectivity index (χ0) is 25.1. The molecule has 2 atom stereocenters. The normalized spacial score (nSPS) is 18.2. The second-order valence-corrected chi connectivity index (χ2v) is 10.0. The Balaban J connectivity index is 1.65. The number of fused-ring (bicyclic) bond motifs is 7. The molecule has 1 aromatic carbocycles. The lowest BCUT2D eigenvalue weighted by Gasteiger charge is -2.22. The van der Waals surface area contributed by atoms with Gasteiger partial charge in [0.1, 0.15) is 11.9 Å². The largest absolute Gasteiger partial charge is 0.482 e. The fraction of sp³-hybridized carbons (Fsp3) is 0.370. The molecule has 1 unspecified atom stereocenters. The maximum absolute atomic E-state index is 14.5. The lowest BCUT2D eigenvalue weighted by molar-refractivity contribution is 0.227. The molecule has 0 saturated heterocycles. The average Bonchev–Trinajstić information content (AvgIpc) is 3.51. The number of pyridine rings is 1. The summed E-state index contributed by atoms with van der Waals surface area (Å²) in [5.74, 6) is 0.565. The van der Waals surface area contributed by atoms with Gasteiger partial charge in [-0.3, -0.25) is 9.36 Å². The Kier molecular flexibility index (Phi) is 5.33. The summed E-state index contributed by atoms with van der Waals surface area (Å²) in [6.45, 7) is 3.51. The van der Waals surface area contributed by atoms with Crippen molar-refractivity contribution in [2.24, 2.45) is 7.05 Å². The van der Waals surface area contributed by atoms with Crippen molar-refractivity contribution in [3.8, 4) is 28.3 Å². The van der Waals surface area contributed by atoms with Gasteiger partial charge in [-0.1, -0.05) is 0 Å². The molecule has 0 fully saturated rings. The Hall–Kier alpha value is -3.72. The van der Waals surface area contributed by atoms with Crippen LogP contribution in [0, 0.1) is 5.82 Å². The molecule has 6 rings (SSSR count). The summed E-state index contributed by atoms with van der Waals surface area (Å²) < 4.78 is 24.7. The molecule has 0 radical (unpaired) electrons. The highest BCUT2D eigenvalue weighted by molar-refractivity contribution is 5.74. The Morgan fingerprint density at radius 2 is 2.03 bits per heavy atom. The van der Waals surface area contributed by atoms with E-state index < -0.39 is 6.10 Å². The van der Waals surface area contributed by atoms with Crippen LogP contribution in [0.25, 0.3) is 22.5 Å². The molecule has 1 aliphatic heterocycles. The van der Waals surface area contributed by atoms with Crippen LogP contribution in [0.5, 0.6) is 5.75 Å². The van der Waals surface area contributed by atoms with Crippen LogP contribution >= 0.6 is 0 Å². The Morgan fingerprint density at radius 1 is 1.19 bits per heavy atom. The number of ether oxygens (including phenoxy) is 1. The second kappa shape index (κ2) is 8.44. The van der Waals surface area contributed by atoms with Crippen LogP contribution in [-0.2, 0) is 20.0 Å². The molecule has 2 N–H and O–H groups in total. The van der Waals surface area contributed by atoms with Crippen LogP contribution < -0.4 is 10.5 Å². The number of benzene rings is 1. The van der Waals surface area contributed by atoms with Crippen molar-refractivity contribution in [1.82, 2.24) is 29.4 Å². The fourth-order valence-corrected chi connectivity index (χ4v) is 5.56. The summed E-state index contributed by atoms with van der Waals surface area (Å²) in [6.07, 6.45) is 5.24. The molecule has 36 heavy (non-hydrogen) atoms. The topological polar surface area (TPSA) is 87.0 Å². The molecular weight excluding hydrogens is 457 g/mol. The number of anilines is 1. The van der Waals surface area contributed by atoms with Crippen molar-refractivity contribution in [1.29, 1.82) is 0 Å². The lowest BCUT2D eigenvalue weighted by Crippen LogP contribution is -2.20. The Labute approximate surface area is 209 Å². The van der Waals surface area contributed by atoms with E-state index in [1.54, 1.807) is 12.3 Å². The lowest BCUT2D eigenvalue weighted by atomic mass is 9.88. The highest BCUT2D eigenvalue weighted by Crippen LogP contribution is 2.48. The van der Waals surface area contributed by atoms with Crippen LogP contribution in [0.3, 0.4) is 0 Å². The molecule has 9 heteroatoms. The first-order chi connectivity index (χ1) is 17.3. The van der Waals surface area contributed by atoms with Gasteiger partial charge >= 0.3 is 0 Å². The molecule has 0 saturated carbocycles. The van der Waals surface area contributed by atoms with Gasteiger partial charge in [-0.15, -0.1) is 0 Å². The summed E-state index contributed by atoms with van der Waals surface area (Å²) in [7, 11) is 6.05. The molecule has 2 bridgehead atoms. The van der Waals surface area contributed by atoms with Crippen LogP contribution in [0.2, 0.25) is 0 Å². The van der Waals surface area contributed by atoms with E-state index in [9.17, 15) is 4.39 Å². The predicted molar refractivity (Wildman–Crippen MR) is 136 cm³/mol. The molecule has 0 amide bonds. The standard InChI is InChI=1S/C27H30FN7O/c1-15-20-12-17(28)5-6-19(20)25-21(14-34(4)32-25)18-7-8-22-24(18)26(35(31-22)10-9-33(2)3)16-11-23(36-15)27(29)30-13-16/h5-6,11-15,18H,7-10H2,1-4H3,(H2,29,30)/t15-,18?/m1/s1. The SMILES string of the molecule is C[C@H]1Oc2cc(cnc2N)-c2c3c(nn2CCN(C)C)CCC3c2cn(C)nc2-c2ccc(F)cc21. The van der Waals surface area contributed by atoms with Crippen LogP contribution in [0.4, 0.5) is 10.2 Å². The minimum atomic E-state index is -0.471. The van der Waals surface area contributed by atoms with E-state index in [4.69, 9.17) is 20.7 Å². The van der Waals surface area contributed by atoms with E-state index in [1.807, 2.05) is 24.7 Å². The minimum Gasteiger partial charge on any atom is -0.482 e. The third-order valence-electron chi connectivity index (χ3n) is 7.24. The van der Waals surface area contributed by atoms with Crippen molar-refractivity contribution in [2.75, 3.05) is 26.4 Å². The average molecular weight is 488 g/mol. The monoisotopic (exact) mass is 487 g/mol. The van der Waals surface area contributed by atoms with Crippen LogP contribution in [0.1, 0.15) is 47.8 Å². The van der Waals surface area contributed by atoms with Crippen LogP contribution in [0.15, 0.2) is 36.7 Å². The van der Waals surface area contributed by atoms with Crippen molar-refractivity contribution in [3.63, 3.8) is 0 Å². The quantitative estimate of drug-likeness (QED) is 0.467. The van der Waals surface area contributed by atoms with Gasteiger partial charge in [0.15, 0.2) is 11.6 Å². The fourth-order valence-electron chi connectivity index (χ4n) is 5.56. The number of rotatable bonds is 3.